The molecule has 0 bridgehead atoms. The summed E-state index contributed by atoms with van der Waals surface area (Å²) in [7, 11) is 3.88. The minimum atomic E-state index is -1.02. The minimum Gasteiger partial charge on any atom is -0.477 e. The number of anilines is 1. The van der Waals surface area contributed by atoms with Crippen molar-refractivity contribution in [1.82, 2.24) is 10.3 Å². The number of rotatable bonds is 8. The predicted molar refractivity (Wildman–Crippen MR) is 100 cm³/mol. The fourth-order valence-electron chi connectivity index (χ4n) is 2.19. The van der Waals surface area contributed by atoms with Crippen LogP contribution in [0, 0.1) is 0 Å². The standard InChI is InChI=1S/C18H21N3O3S/c1-4-5-6-14(22)19-11-15-20-16(17(25-15)18(23)24)12-7-9-13(10-8-12)21(2)3/h4,7-10H,1,5-6,11H2,2-3H3,(H,19,22)(H,23,24). The third kappa shape index (κ3) is 4.90. The Labute approximate surface area is 150 Å². The highest BCUT2D eigenvalue weighted by Crippen LogP contribution is 2.29. The number of amides is 1. The third-order valence-corrected chi connectivity index (χ3v) is 4.58. The summed E-state index contributed by atoms with van der Waals surface area (Å²) >= 11 is 1.08. The number of carbonyl (C=O) groups excluding carboxylic acids is 1. The molecule has 0 fully saturated rings. The molecule has 2 N–H and O–H groups in total. The van der Waals surface area contributed by atoms with Crippen LogP contribution < -0.4 is 10.2 Å². The number of aromatic nitrogens is 1. The Bertz CT molecular complexity index is 766. The smallest absolute Gasteiger partial charge is 0.348 e. The summed E-state index contributed by atoms with van der Waals surface area (Å²) in [5.74, 6) is -1.13. The first-order valence-electron chi connectivity index (χ1n) is 7.80. The Kier molecular flexibility index (Phi) is 6.30. The van der Waals surface area contributed by atoms with Crippen molar-refractivity contribution in [2.24, 2.45) is 0 Å². The van der Waals surface area contributed by atoms with E-state index in [-0.39, 0.29) is 17.3 Å². The molecule has 0 atom stereocenters. The van der Waals surface area contributed by atoms with Crippen molar-refractivity contribution in [1.29, 1.82) is 0 Å². The van der Waals surface area contributed by atoms with E-state index >= 15 is 0 Å². The largest absolute Gasteiger partial charge is 0.477 e. The summed E-state index contributed by atoms with van der Waals surface area (Å²) in [5, 5.41) is 12.8. The third-order valence-electron chi connectivity index (χ3n) is 3.54. The lowest BCUT2D eigenvalue weighted by molar-refractivity contribution is -0.121. The molecule has 2 aromatic rings. The fraction of sp³-hybridized carbons (Fsp3) is 0.278. The van der Waals surface area contributed by atoms with Crippen LogP contribution >= 0.6 is 11.3 Å². The van der Waals surface area contributed by atoms with Crippen molar-refractivity contribution in [3.63, 3.8) is 0 Å². The maximum absolute atomic E-state index is 11.7. The highest BCUT2D eigenvalue weighted by Gasteiger charge is 2.19. The van der Waals surface area contributed by atoms with Gasteiger partial charge in [-0.15, -0.1) is 17.9 Å². The van der Waals surface area contributed by atoms with Crippen molar-refractivity contribution in [3.8, 4) is 11.3 Å². The first-order chi connectivity index (χ1) is 11.9. The summed E-state index contributed by atoms with van der Waals surface area (Å²) in [5.41, 5.74) is 2.19. The van der Waals surface area contributed by atoms with Gasteiger partial charge < -0.3 is 15.3 Å². The number of hydrogen-bond acceptors (Lipinski definition) is 5. The van der Waals surface area contributed by atoms with Gasteiger partial charge in [0, 0.05) is 31.8 Å². The fourth-order valence-corrected chi connectivity index (χ4v) is 3.06. The number of nitrogens with one attached hydrogen (secondary N) is 1. The molecule has 0 saturated carbocycles. The number of thiazole rings is 1. The van der Waals surface area contributed by atoms with Gasteiger partial charge in [-0.1, -0.05) is 18.2 Å². The van der Waals surface area contributed by atoms with Crippen LogP contribution in [-0.4, -0.2) is 36.1 Å². The second-order valence-electron chi connectivity index (χ2n) is 5.64. The summed E-state index contributed by atoms with van der Waals surface area (Å²) in [6, 6.07) is 7.53. The summed E-state index contributed by atoms with van der Waals surface area (Å²) in [4.78, 5) is 29.8. The van der Waals surface area contributed by atoms with Crippen molar-refractivity contribution >= 4 is 28.9 Å². The SMILES string of the molecule is C=CCCC(=O)NCc1nc(-c2ccc(N(C)C)cc2)c(C(=O)O)s1. The van der Waals surface area contributed by atoms with E-state index in [9.17, 15) is 14.7 Å². The number of carboxylic acids is 1. The van der Waals surface area contributed by atoms with Crippen molar-refractivity contribution in [3.05, 3.63) is 46.8 Å². The zero-order valence-electron chi connectivity index (χ0n) is 14.3. The number of carboxylic acid groups (broad SMARTS) is 1. The Morgan fingerprint density at radius 1 is 1.32 bits per heavy atom. The van der Waals surface area contributed by atoms with E-state index in [0.29, 0.717) is 23.5 Å². The van der Waals surface area contributed by atoms with Crippen LogP contribution in [0.15, 0.2) is 36.9 Å². The molecular weight excluding hydrogens is 338 g/mol. The molecule has 0 radical (unpaired) electrons. The van der Waals surface area contributed by atoms with E-state index in [1.165, 1.54) is 0 Å². The van der Waals surface area contributed by atoms with E-state index in [1.54, 1.807) is 6.08 Å². The lowest BCUT2D eigenvalue weighted by Gasteiger charge is -2.12. The van der Waals surface area contributed by atoms with Crippen LogP contribution in [0.25, 0.3) is 11.3 Å². The Balaban J connectivity index is 2.20. The summed E-state index contributed by atoms with van der Waals surface area (Å²) < 4.78 is 0. The highest BCUT2D eigenvalue weighted by atomic mass is 32.1. The molecule has 7 heteroatoms. The molecule has 0 spiro atoms. The number of carbonyl (C=O) groups is 2. The second-order valence-corrected chi connectivity index (χ2v) is 6.72. The van der Waals surface area contributed by atoms with Gasteiger partial charge in [-0.25, -0.2) is 9.78 Å². The van der Waals surface area contributed by atoms with E-state index in [4.69, 9.17) is 0 Å². The van der Waals surface area contributed by atoms with Gasteiger partial charge in [0.25, 0.3) is 0 Å². The lowest BCUT2D eigenvalue weighted by Crippen LogP contribution is -2.22. The van der Waals surface area contributed by atoms with Gasteiger partial charge in [0.15, 0.2) is 0 Å². The molecule has 1 amide bonds. The average molecular weight is 359 g/mol. The Morgan fingerprint density at radius 3 is 2.56 bits per heavy atom. The van der Waals surface area contributed by atoms with Gasteiger partial charge in [-0.3, -0.25) is 4.79 Å². The average Bonchev–Trinajstić information content (AvgIpc) is 3.02. The molecule has 1 aromatic heterocycles. The molecule has 25 heavy (non-hydrogen) atoms. The number of nitrogens with zero attached hydrogens (tertiary/aromatic N) is 2. The maximum Gasteiger partial charge on any atom is 0.348 e. The molecule has 0 aliphatic rings. The van der Waals surface area contributed by atoms with Crippen LogP contribution in [0.3, 0.4) is 0 Å². The number of aromatic carboxylic acids is 1. The minimum absolute atomic E-state index is 0.108. The van der Waals surface area contributed by atoms with Crippen molar-refractivity contribution in [2.75, 3.05) is 19.0 Å². The first-order valence-corrected chi connectivity index (χ1v) is 8.62. The number of hydrogen-bond donors (Lipinski definition) is 2. The predicted octanol–water partition coefficient (Wildman–Crippen LogP) is 3.16. The van der Waals surface area contributed by atoms with Gasteiger partial charge in [0.2, 0.25) is 5.91 Å². The lowest BCUT2D eigenvalue weighted by atomic mass is 10.1. The molecular formula is C18H21N3O3S. The van der Waals surface area contributed by atoms with E-state index < -0.39 is 5.97 Å². The Morgan fingerprint density at radius 2 is 2.00 bits per heavy atom. The van der Waals surface area contributed by atoms with Crippen molar-refractivity contribution < 1.29 is 14.7 Å². The van der Waals surface area contributed by atoms with Crippen LogP contribution in [0.5, 0.6) is 0 Å². The molecule has 6 nitrogen and oxygen atoms in total. The van der Waals surface area contributed by atoms with Gasteiger partial charge in [0.1, 0.15) is 9.88 Å². The van der Waals surface area contributed by atoms with Crippen LogP contribution in [0.4, 0.5) is 5.69 Å². The van der Waals surface area contributed by atoms with Gasteiger partial charge in [0.05, 0.1) is 12.2 Å². The molecule has 0 saturated heterocycles. The molecule has 0 aliphatic carbocycles. The Hall–Kier alpha value is -2.67. The zero-order chi connectivity index (χ0) is 18.4. The second kappa shape index (κ2) is 8.43. The van der Waals surface area contributed by atoms with Gasteiger partial charge >= 0.3 is 5.97 Å². The molecule has 1 heterocycles. The number of benzene rings is 1. The van der Waals surface area contributed by atoms with Gasteiger partial charge in [-0.05, 0) is 18.6 Å². The molecule has 132 valence electrons. The van der Waals surface area contributed by atoms with E-state index in [2.05, 4.69) is 16.9 Å². The maximum atomic E-state index is 11.7. The first kappa shape index (κ1) is 18.7. The van der Waals surface area contributed by atoms with Crippen molar-refractivity contribution in [2.45, 2.75) is 19.4 Å². The van der Waals surface area contributed by atoms with E-state index in [0.717, 1.165) is 22.6 Å². The van der Waals surface area contributed by atoms with Crippen LogP contribution in [0.1, 0.15) is 27.5 Å². The van der Waals surface area contributed by atoms with Crippen LogP contribution in [0.2, 0.25) is 0 Å². The summed E-state index contributed by atoms with van der Waals surface area (Å²) in [6.45, 7) is 3.80. The van der Waals surface area contributed by atoms with Crippen LogP contribution in [-0.2, 0) is 11.3 Å². The molecule has 0 aliphatic heterocycles. The normalized spacial score (nSPS) is 10.3. The quantitative estimate of drug-likeness (QED) is 0.708. The topological polar surface area (TPSA) is 82.5 Å². The summed E-state index contributed by atoms with van der Waals surface area (Å²) in [6.07, 6.45) is 2.65. The highest BCUT2D eigenvalue weighted by molar-refractivity contribution is 7.14. The monoisotopic (exact) mass is 359 g/mol. The molecule has 1 aromatic carbocycles. The zero-order valence-corrected chi connectivity index (χ0v) is 15.1. The molecule has 2 rings (SSSR count). The molecule has 0 unspecified atom stereocenters. The van der Waals surface area contributed by atoms with Gasteiger partial charge in [-0.2, -0.15) is 0 Å². The number of allylic oxidation sites excluding steroid dienone is 1. The van der Waals surface area contributed by atoms with E-state index in [1.807, 2.05) is 43.3 Å².